The Kier molecular flexibility index (Phi) is 5.94. The summed E-state index contributed by atoms with van der Waals surface area (Å²) in [7, 11) is 0. The van der Waals surface area contributed by atoms with Gasteiger partial charge in [-0.1, -0.05) is 36.2 Å². The normalized spacial score (nSPS) is 12.2. The van der Waals surface area contributed by atoms with Crippen molar-refractivity contribution in [3.63, 3.8) is 0 Å². The van der Waals surface area contributed by atoms with Crippen molar-refractivity contribution in [2.75, 3.05) is 6.61 Å². The largest absolute Gasteiger partial charge is 0.492 e. The molecule has 0 radical (unpaired) electrons. The van der Waals surface area contributed by atoms with Crippen LogP contribution in [0.1, 0.15) is 30.5 Å². The average molecular weight is 389 g/mol. The molecule has 2 aromatic rings. The maximum atomic E-state index is 6.29. The Bertz CT molecular complexity index is 613. The first-order valence-corrected chi connectivity index (χ1v) is 8.20. The topological polar surface area (TPSA) is 35.2 Å². The molecule has 2 aromatic carbocycles. The van der Waals surface area contributed by atoms with Gasteiger partial charge in [0.1, 0.15) is 5.75 Å². The summed E-state index contributed by atoms with van der Waals surface area (Å²) in [4.78, 5) is 0. The summed E-state index contributed by atoms with van der Waals surface area (Å²) >= 11 is 15.6. The molecule has 1 unspecified atom stereocenters. The molecule has 0 aliphatic carbocycles. The first-order valence-electron chi connectivity index (χ1n) is 6.65. The standard InChI is InChI=1S/C16H16BrCl2NO/c1-2-5-21-15-4-3-10(8-14(15)17)16(20)11-6-12(18)9-13(19)7-11/h3-4,6-9,16H,2,5,20H2,1H3. The van der Waals surface area contributed by atoms with Gasteiger partial charge in [-0.2, -0.15) is 0 Å². The zero-order chi connectivity index (χ0) is 15.4. The molecule has 0 aliphatic heterocycles. The number of nitrogens with two attached hydrogens (primary N) is 1. The van der Waals surface area contributed by atoms with E-state index in [0.717, 1.165) is 27.8 Å². The van der Waals surface area contributed by atoms with Gasteiger partial charge in [-0.25, -0.2) is 0 Å². The van der Waals surface area contributed by atoms with Gasteiger partial charge >= 0.3 is 0 Å². The van der Waals surface area contributed by atoms with Crippen molar-refractivity contribution < 1.29 is 4.74 Å². The molecule has 1 atom stereocenters. The molecule has 0 heterocycles. The van der Waals surface area contributed by atoms with E-state index in [1.807, 2.05) is 30.3 Å². The summed E-state index contributed by atoms with van der Waals surface area (Å²) in [6.45, 7) is 2.76. The molecule has 2 nitrogen and oxygen atoms in total. The number of hydrogen-bond donors (Lipinski definition) is 1. The van der Waals surface area contributed by atoms with Gasteiger partial charge in [0.05, 0.1) is 17.1 Å². The van der Waals surface area contributed by atoms with Gasteiger partial charge in [0.2, 0.25) is 0 Å². The van der Waals surface area contributed by atoms with Crippen molar-refractivity contribution in [2.24, 2.45) is 5.73 Å². The molecular formula is C16H16BrCl2NO. The molecule has 21 heavy (non-hydrogen) atoms. The van der Waals surface area contributed by atoms with Crippen LogP contribution in [0.15, 0.2) is 40.9 Å². The number of rotatable bonds is 5. The van der Waals surface area contributed by atoms with Crippen molar-refractivity contribution in [3.8, 4) is 5.75 Å². The van der Waals surface area contributed by atoms with Gasteiger partial charge in [0.25, 0.3) is 0 Å². The van der Waals surface area contributed by atoms with E-state index >= 15 is 0 Å². The molecule has 0 saturated heterocycles. The van der Waals surface area contributed by atoms with Crippen LogP contribution >= 0.6 is 39.1 Å². The second kappa shape index (κ2) is 7.50. The fourth-order valence-electron chi connectivity index (χ4n) is 1.99. The highest BCUT2D eigenvalue weighted by atomic mass is 79.9. The molecule has 2 N–H and O–H groups in total. The van der Waals surface area contributed by atoms with Crippen LogP contribution in [0, 0.1) is 0 Å². The number of ether oxygens (including phenoxy) is 1. The minimum atomic E-state index is -0.294. The zero-order valence-electron chi connectivity index (χ0n) is 11.6. The van der Waals surface area contributed by atoms with Crippen molar-refractivity contribution >= 4 is 39.1 Å². The Labute approximate surface area is 143 Å². The second-order valence-corrected chi connectivity index (χ2v) is 6.45. The number of halogens is 3. The minimum absolute atomic E-state index is 0.294. The Morgan fingerprint density at radius 2 is 1.76 bits per heavy atom. The lowest BCUT2D eigenvalue weighted by Crippen LogP contribution is -2.12. The highest BCUT2D eigenvalue weighted by Gasteiger charge is 2.13. The van der Waals surface area contributed by atoms with E-state index in [2.05, 4.69) is 22.9 Å². The van der Waals surface area contributed by atoms with Crippen LogP contribution in [0.4, 0.5) is 0 Å². The third-order valence-corrected chi connectivity index (χ3v) is 4.08. The lowest BCUT2D eigenvalue weighted by Gasteiger charge is -2.15. The minimum Gasteiger partial charge on any atom is -0.492 e. The quantitative estimate of drug-likeness (QED) is 0.724. The van der Waals surface area contributed by atoms with Crippen LogP contribution in [0.3, 0.4) is 0 Å². The molecule has 0 fully saturated rings. The molecule has 0 bridgehead atoms. The van der Waals surface area contributed by atoms with Gasteiger partial charge in [-0.15, -0.1) is 0 Å². The van der Waals surface area contributed by atoms with Gasteiger partial charge < -0.3 is 10.5 Å². The smallest absolute Gasteiger partial charge is 0.133 e. The molecule has 2 rings (SSSR count). The highest BCUT2D eigenvalue weighted by molar-refractivity contribution is 9.10. The van der Waals surface area contributed by atoms with E-state index in [0.29, 0.717) is 16.7 Å². The van der Waals surface area contributed by atoms with Crippen molar-refractivity contribution in [3.05, 3.63) is 62.0 Å². The van der Waals surface area contributed by atoms with Crippen molar-refractivity contribution in [1.82, 2.24) is 0 Å². The van der Waals surface area contributed by atoms with Crippen LogP contribution in [0.25, 0.3) is 0 Å². The van der Waals surface area contributed by atoms with Gasteiger partial charge in [0, 0.05) is 10.0 Å². The fraction of sp³-hybridized carbons (Fsp3) is 0.250. The van der Waals surface area contributed by atoms with Gasteiger partial charge in [-0.05, 0) is 63.8 Å². The summed E-state index contributed by atoms with van der Waals surface area (Å²) in [5.74, 6) is 0.817. The summed E-state index contributed by atoms with van der Waals surface area (Å²) in [6.07, 6.45) is 0.967. The molecule has 0 spiro atoms. The number of hydrogen-bond acceptors (Lipinski definition) is 2. The Balaban J connectivity index is 2.26. The molecule has 0 aliphatic rings. The van der Waals surface area contributed by atoms with Crippen LogP contribution in [0.2, 0.25) is 10.0 Å². The van der Waals surface area contributed by atoms with E-state index < -0.39 is 0 Å². The maximum absolute atomic E-state index is 6.29. The first-order chi connectivity index (χ1) is 10.0. The van der Waals surface area contributed by atoms with Gasteiger partial charge in [0.15, 0.2) is 0 Å². The average Bonchev–Trinajstić information content (AvgIpc) is 2.44. The van der Waals surface area contributed by atoms with E-state index in [9.17, 15) is 0 Å². The van der Waals surface area contributed by atoms with E-state index in [4.69, 9.17) is 33.7 Å². The fourth-order valence-corrected chi connectivity index (χ4v) is 3.04. The third-order valence-electron chi connectivity index (χ3n) is 3.02. The summed E-state index contributed by atoms with van der Waals surface area (Å²) < 4.78 is 6.52. The Hall–Kier alpha value is -0.740. The summed E-state index contributed by atoms with van der Waals surface area (Å²) in [6, 6.07) is 10.9. The summed E-state index contributed by atoms with van der Waals surface area (Å²) in [5, 5.41) is 1.16. The predicted octanol–water partition coefficient (Wildman–Crippen LogP) is 5.59. The maximum Gasteiger partial charge on any atom is 0.133 e. The second-order valence-electron chi connectivity index (χ2n) is 4.72. The Morgan fingerprint density at radius 1 is 1.10 bits per heavy atom. The lowest BCUT2D eigenvalue weighted by atomic mass is 9.99. The van der Waals surface area contributed by atoms with Crippen LogP contribution in [-0.4, -0.2) is 6.61 Å². The highest BCUT2D eigenvalue weighted by Crippen LogP contribution is 2.31. The molecule has 0 aromatic heterocycles. The van der Waals surface area contributed by atoms with Crippen LogP contribution in [-0.2, 0) is 0 Å². The monoisotopic (exact) mass is 387 g/mol. The van der Waals surface area contributed by atoms with E-state index in [-0.39, 0.29) is 6.04 Å². The van der Waals surface area contributed by atoms with Crippen LogP contribution in [0.5, 0.6) is 5.75 Å². The summed E-state index contributed by atoms with van der Waals surface area (Å²) in [5.41, 5.74) is 8.13. The zero-order valence-corrected chi connectivity index (χ0v) is 14.7. The predicted molar refractivity (Wildman–Crippen MR) is 92.4 cm³/mol. The SMILES string of the molecule is CCCOc1ccc(C(N)c2cc(Cl)cc(Cl)c2)cc1Br. The molecule has 0 saturated carbocycles. The Morgan fingerprint density at radius 3 is 2.33 bits per heavy atom. The molecule has 5 heteroatoms. The lowest BCUT2D eigenvalue weighted by molar-refractivity contribution is 0.315. The number of benzene rings is 2. The van der Waals surface area contributed by atoms with E-state index in [1.165, 1.54) is 0 Å². The molecular weight excluding hydrogens is 373 g/mol. The molecule has 112 valence electrons. The van der Waals surface area contributed by atoms with E-state index in [1.54, 1.807) is 6.07 Å². The van der Waals surface area contributed by atoms with Crippen molar-refractivity contribution in [2.45, 2.75) is 19.4 Å². The molecule has 0 amide bonds. The van der Waals surface area contributed by atoms with Gasteiger partial charge in [-0.3, -0.25) is 0 Å². The third kappa shape index (κ3) is 4.36. The van der Waals surface area contributed by atoms with Crippen molar-refractivity contribution in [1.29, 1.82) is 0 Å². The first kappa shape index (κ1) is 16.6. The van der Waals surface area contributed by atoms with Crippen LogP contribution < -0.4 is 10.5 Å².